The molecule has 1 aromatic rings. The lowest BCUT2D eigenvalue weighted by Crippen LogP contribution is -2.52. The molecule has 3 atom stereocenters. The Kier molecular flexibility index (Phi) is 2.94. The Labute approximate surface area is 123 Å². The summed E-state index contributed by atoms with van der Waals surface area (Å²) in [5.74, 6) is 0.583. The molecule has 112 valence electrons. The summed E-state index contributed by atoms with van der Waals surface area (Å²) < 4.78 is 27.7. The second kappa shape index (κ2) is 4.14. The average Bonchev–Trinajstić information content (AvgIpc) is 2.96. The molecule has 1 heterocycles. The average molecular weight is 316 g/mol. The minimum Gasteiger partial charge on any atom is -0.374 e. The van der Waals surface area contributed by atoms with Crippen LogP contribution in [0.5, 0.6) is 0 Å². The van der Waals surface area contributed by atoms with E-state index >= 15 is 0 Å². The van der Waals surface area contributed by atoms with Crippen LogP contribution in [0.3, 0.4) is 0 Å². The Morgan fingerprint density at radius 3 is 2.55 bits per heavy atom. The van der Waals surface area contributed by atoms with Gasteiger partial charge in [0.25, 0.3) is 10.0 Å². The van der Waals surface area contributed by atoms with E-state index in [0.717, 1.165) is 24.2 Å². The van der Waals surface area contributed by atoms with Gasteiger partial charge in [-0.15, -0.1) is 10.2 Å². The van der Waals surface area contributed by atoms with E-state index in [0.29, 0.717) is 5.92 Å². The highest BCUT2D eigenvalue weighted by molar-refractivity contribution is 7.91. The zero-order chi connectivity index (χ0) is 14.8. The number of rotatable bonds is 3. The zero-order valence-corrected chi connectivity index (χ0v) is 13.5. The Bertz CT molecular complexity index is 635. The molecule has 0 aliphatic heterocycles. The fourth-order valence-corrected chi connectivity index (χ4v) is 6.46. The maximum Gasteiger partial charge on any atom is 0.270 e. The topological polar surface area (TPSA) is 98.0 Å². The van der Waals surface area contributed by atoms with Crippen LogP contribution in [0.15, 0.2) is 4.34 Å². The molecule has 3 N–H and O–H groups in total. The second-order valence-corrected chi connectivity index (χ2v) is 9.77. The van der Waals surface area contributed by atoms with Crippen molar-refractivity contribution in [1.82, 2.24) is 14.9 Å². The molecule has 2 bridgehead atoms. The van der Waals surface area contributed by atoms with Gasteiger partial charge in [-0.1, -0.05) is 32.1 Å². The minimum atomic E-state index is -3.64. The van der Waals surface area contributed by atoms with Crippen molar-refractivity contribution in [2.45, 2.75) is 50.4 Å². The lowest BCUT2D eigenvalue weighted by molar-refractivity contribution is 0.127. The molecular weight excluding hydrogens is 296 g/mol. The monoisotopic (exact) mass is 316 g/mol. The van der Waals surface area contributed by atoms with Gasteiger partial charge in [0.1, 0.15) is 0 Å². The number of nitrogen functional groups attached to an aromatic ring is 1. The number of fused-ring (bicyclic) bond motifs is 2. The predicted octanol–water partition coefficient (Wildman–Crippen LogP) is 1.61. The molecule has 6 nitrogen and oxygen atoms in total. The largest absolute Gasteiger partial charge is 0.374 e. The van der Waals surface area contributed by atoms with Crippen molar-refractivity contribution in [3.8, 4) is 0 Å². The van der Waals surface area contributed by atoms with Crippen LogP contribution in [0.25, 0.3) is 0 Å². The van der Waals surface area contributed by atoms with E-state index in [4.69, 9.17) is 5.73 Å². The van der Waals surface area contributed by atoms with Gasteiger partial charge in [0, 0.05) is 6.04 Å². The lowest BCUT2D eigenvalue weighted by Gasteiger charge is -2.42. The predicted molar refractivity (Wildman–Crippen MR) is 77.7 cm³/mol. The standard InChI is InChI=1S/C12H20N4O2S2/c1-11(2)7-4-5-12(3,6-7)8(11)16-20(17,18)10-15-14-9(13)19-10/h7-8,16H,4-6H2,1-3H3,(H2,13,14). The first-order valence-electron chi connectivity index (χ1n) is 6.76. The number of nitrogens with zero attached hydrogens (tertiary/aromatic N) is 2. The molecule has 0 saturated heterocycles. The summed E-state index contributed by atoms with van der Waals surface area (Å²) in [6, 6.07) is -0.0659. The fraction of sp³-hybridized carbons (Fsp3) is 0.833. The van der Waals surface area contributed by atoms with Crippen molar-refractivity contribution in [3.05, 3.63) is 0 Å². The van der Waals surface area contributed by atoms with Crippen molar-refractivity contribution in [2.75, 3.05) is 5.73 Å². The first-order chi connectivity index (χ1) is 9.15. The molecule has 3 unspecified atom stereocenters. The van der Waals surface area contributed by atoms with Gasteiger partial charge >= 0.3 is 0 Å². The van der Waals surface area contributed by atoms with Gasteiger partial charge in [-0.25, -0.2) is 13.1 Å². The summed E-state index contributed by atoms with van der Waals surface area (Å²) in [4.78, 5) is 0. The van der Waals surface area contributed by atoms with Crippen molar-refractivity contribution >= 4 is 26.5 Å². The zero-order valence-electron chi connectivity index (χ0n) is 11.9. The normalized spacial score (nSPS) is 35.5. The number of nitrogens with two attached hydrogens (primary N) is 1. The number of hydrogen-bond acceptors (Lipinski definition) is 6. The highest BCUT2D eigenvalue weighted by atomic mass is 32.2. The quantitative estimate of drug-likeness (QED) is 0.883. The first-order valence-corrected chi connectivity index (χ1v) is 9.06. The van der Waals surface area contributed by atoms with Crippen LogP contribution in [0.2, 0.25) is 0 Å². The third-order valence-corrected chi connectivity index (χ3v) is 7.74. The van der Waals surface area contributed by atoms with Gasteiger partial charge in [0.15, 0.2) is 0 Å². The van der Waals surface area contributed by atoms with Crippen LogP contribution in [-0.4, -0.2) is 24.7 Å². The van der Waals surface area contributed by atoms with Crippen LogP contribution in [0.1, 0.15) is 40.0 Å². The van der Waals surface area contributed by atoms with Crippen LogP contribution in [0, 0.1) is 16.7 Å². The summed E-state index contributed by atoms with van der Waals surface area (Å²) in [7, 11) is -3.64. The molecule has 0 radical (unpaired) electrons. The van der Waals surface area contributed by atoms with Gasteiger partial charge in [0.05, 0.1) is 0 Å². The van der Waals surface area contributed by atoms with Crippen LogP contribution in [-0.2, 0) is 10.0 Å². The number of anilines is 1. The molecule has 2 aliphatic rings. The highest BCUT2D eigenvalue weighted by Crippen LogP contribution is 2.62. The summed E-state index contributed by atoms with van der Waals surface area (Å²) in [5.41, 5.74) is 5.48. The van der Waals surface area contributed by atoms with E-state index in [9.17, 15) is 8.42 Å². The van der Waals surface area contributed by atoms with Crippen molar-refractivity contribution in [3.63, 3.8) is 0 Å². The Hall–Kier alpha value is -0.730. The third-order valence-electron chi connectivity index (χ3n) is 5.19. The van der Waals surface area contributed by atoms with Crippen LogP contribution < -0.4 is 10.5 Å². The van der Waals surface area contributed by atoms with Crippen molar-refractivity contribution < 1.29 is 8.42 Å². The second-order valence-electron chi connectivity index (χ2n) is 6.88. The molecule has 0 aromatic carbocycles. The lowest BCUT2D eigenvalue weighted by atomic mass is 9.69. The molecule has 0 amide bonds. The van der Waals surface area contributed by atoms with Gasteiger partial charge in [-0.05, 0) is 36.0 Å². The molecule has 1 aromatic heterocycles. The molecule has 2 fully saturated rings. The van der Waals surface area contributed by atoms with E-state index in [-0.39, 0.29) is 26.3 Å². The number of nitrogens with one attached hydrogen (secondary N) is 1. The third kappa shape index (κ3) is 1.96. The van der Waals surface area contributed by atoms with Crippen molar-refractivity contribution in [1.29, 1.82) is 0 Å². The van der Waals surface area contributed by atoms with E-state index in [2.05, 4.69) is 35.7 Å². The Morgan fingerprint density at radius 1 is 1.35 bits per heavy atom. The van der Waals surface area contributed by atoms with Crippen LogP contribution in [0.4, 0.5) is 5.13 Å². The molecule has 0 spiro atoms. The maximum atomic E-state index is 12.4. The smallest absolute Gasteiger partial charge is 0.270 e. The number of hydrogen-bond donors (Lipinski definition) is 2. The van der Waals surface area contributed by atoms with Gasteiger partial charge in [0.2, 0.25) is 9.47 Å². The fourth-order valence-electron chi connectivity index (χ4n) is 4.13. The maximum absolute atomic E-state index is 12.4. The van der Waals surface area contributed by atoms with Gasteiger partial charge < -0.3 is 5.73 Å². The number of aromatic nitrogens is 2. The van der Waals surface area contributed by atoms with Crippen molar-refractivity contribution in [2.24, 2.45) is 16.7 Å². The summed E-state index contributed by atoms with van der Waals surface area (Å²) in [6.07, 6.45) is 3.35. The van der Waals surface area contributed by atoms with Gasteiger partial charge in [-0.3, -0.25) is 0 Å². The molecular formula is C12H20N4O2S2. The van der Waals surface area contributed by atoms with Crippen LogP contribution >= 0.6 is 11.3 Å². The summed E-state index contributed by atoms with van der Waals surface area (Å²) in [6.45, 7) is 6.50. The molecule has 8 heteroatoms. The molecule has 3 rings (SSSR count). The summed E-state index contributed by atoms with van der Waals surface area (Å²) >= 11 is 0.902. The highest BCUT2D eigenvalue weighted by Gasteiger charge is 2.60. The van der Waals surface area contributed by atoms with E-state index in [1.165, 1.54) is 6.42 Å². The Balaban J connectivity index is 1.91. The number of sulfonamides is 1. The minimum absolute atomic E-state index is 0.0314. The van der Waals surface area contributed by atoms with Gasteiger partial charge in [-0.2, -0.15) is 0 Å². The first kappa shape index (κ1) is 14.2. The van der Waals surface area contributed by atoms with E-state index < -0.39 is 10.0 Å². The molecule has 2 aliphatic carbocycles. The summed E-state index contributed by atoms with van der Waals surface area (Å²) in [5, 5.41) is 7.41. The molecule has 20 heavy (non-hydrogen) atoms. The molecule has 2 saturated carbocycles. The van der Waals surface area contributed by atoms with E-state index in [1.54, 1.807) is 0 Å². The SMILES string of the molecule is CC12CCC(C1)C(C)(C)C2NS(=O)(=O)c1nnc(N)s1. The van der Waals surface area contributed by atoms with E-state index in [1.807, 2.05) is 0 Å². The Morgan fingerprint density at radius 2 is 2.05 bits per heavy atom.